The normalized spacial score (nSPS) is 20.8. The lowest BCUT2D eigenvalue weighted by molar-refractivity contribution is -0.136. The van der Waals surface area contributed by atoms with Gasteiger partial charge in [-0.2, -0.15) is 23.1 Å². The molecule has 208 valence electrons. The number of hydrogen-bond acceptors (Lipinski definition) is 7. The number of fused-ring (bicyclic) bond motifs is 2. The van der Waals surface area contributed by atoms with Crippen molar-refractivity contribution in [3.05, 3.63) is 53.2 Å². The molecule has 39 heavy (non-hydrogen) atoms. The van der Waals surface area contributed by atoms with Gasteiger partial charge in [-0.05, 0) is 56.8 Å². The molecule has 4 heterocycles. The molecular formula is C29H35F3N6O. The van der Waals surface area contributed by atoms with Crippen molar-refractivity contribution in [1.82, 2.24) is 20.2 Å². The van der Waals surface area contributed by atoms with Crippen LogP contribution >= 0.6 is 0 Å². The van der Waals surface area contributed by atoms with Gasteiger partial charge in [0.1, 0.15) is 12.4 Å². The van der Waals surface area contributed by atoms with E-state index in [1.165, 1.54) is 12.1 Å². The lowest BCUT2D eigenvalue weighted by atomic mass is 10.0. The van der Waals surface area contributed by atoms with Gasteiger partial charge in [0.2, 0.25) is 0 Å². The van der Waals surface area contributed by atoms with Crippen molar-refractivity contribution >= 4 is 22.3 Å². The van der Waals surface area contributed by atoms with Crippen molar-refractivity contribution in [3.8, 4) is 6.01 Å². The van der Waals surface area contributed by atoms with Crippen molar-refractivity contribution in [2.45, 2.75) is 44.4 Å². The Morgan fingerprint density at radius 1 is 0.974 bits per heavy atom. The number of rotatable bonds is 5. The zero-order valence-corrected chi connectivity index (χ0v) is 22.3. The van der Waals surface area contributed by atoms with Gasteiger partial charge >= 0.3 is 12.2 Å². The molecule has 3 aromatic rings. The number of hydrogen-bond donors (Lipinski definition) is 1. The van der Waals surface area contributed by atoms with E-state index in [-0.39, 0.29) is 5.39 Å². The summed E-state index contributed by atoms with van der Waals surface area (Å²) in [4.78, 5) is 16.4. The van der Waals surface area contributed by atoms with Gasteiger partial charge in [0.05, 0.1) is 17.8 Å². The molecule has 3 aliphatic rings. The van der Waals surface area contributed by atoms with Crippen molar-refractivity contribution in [2.24, 2.45) is 0 Å². The van der Waals surface area contributed by atoms with E-state index in [2.05, 4.69) is 22.2 Å². The second-order valence-electron chi connectivity index (χ2n) is 10.8. The van der Waals surface area contributed by atoms with Gasteiger partial charge < -0.3 is 24.8 Å². The molecule has 3 aliphatic heterocycles. The number of ether oxygens (including phenoxy) is 1. The average molecular weight is 541 g/mol. The minimum absolute atomic E-state index is 0.244. The van der Waals surface area contributed by atoms with Gasteiger partial charge in [-0.3, -0.25) is 0 Å². The molecule has 0 bridgehead atoms. The zero-order valence-electron chi connectivity index (χ0n) is 22.3. The van der Waals surface area contributed by atoms with Crippen LogP contribution in [0.3, 0.4) is 0 Å². The molecule has 10 heteroatoms. The molecule has 2 fully saturated rings. The SMILES string of the molecule is CN1CCC[C@H]1COc1nc2c(c(N3CCNCC3)n1)CCCN(c1cccc3cccc(C(F)(F)F)c13)C2. The minimum atomic E-state index is -4.44. The van der Waals surface area contributed by atoms with Crippen LogP contribution in [0.5, 0.6) is 6.01 Å². The highest BCUT2D eigenvalue weighted by atomic mass is 19.4. The Morgan fingerprint density at radius 2 is 1.77 bits per heavy atom. The summed E-state index contributed by atoms with van der Waals surface area (Å²) < 4.78 is 48.4. The first kappa shape index (κ1) is 26.1. The number of nitrogens with zero attached hydrogens (tertiary/aromatic N) is 5. The highest BCUT2D eigenvalue weighted by molar-refractivity contribution is 5.97. The Bertz CT molecular complexity index is 1320. The molecule has 2 saturated heterocycles. The molecule has 6 rings (SSSR count). The van der Waals surface area contributed by atoms with Crippen LogP contribution in [0.15, 0.2) is 36.4 Å². The van der Waals surface area contributed by atoms with E-state index in [4.69, 9.17) is 14.7 Å². The number of anilines is 2. The molecule has 2 aromatic carbocycles. The maximum absolute atomic E-state index is 14.1. The van der Waals surface area contributed by atoms with E-state index in [0.29, 0.717) is 42.8 Å². The largest absolute Gasteiger partial charge is 0.462 e. The number of benzene rings is 2. The van der Waals surface area contributed by atoms with Crippen LogP contribution in [0, 0.1) is 0 Å². The monoisotopic (exact) mass is 540 g/mol. The number of alkyl halides is 3. The molecule has 0 saturated carbocycles. The van der Waals surface area contributed by atoms with Gasteiger partial charge in [0.15, 0.2) is 0 Å². The van der Waals surface area contributed by atoms with Crippen molar-refractivity contribution in [3.63, 3.8) is 0 Å². The molecular weight excluding hydrogens is 505 g/mol. The fourth-order valence-corrected chi connectivity index (χ4v) is 6.18. The summed E-state index contributed by atoms with van der Waals surface area (Å²) in [5.41, 5.74) is 1.91. The number of nitrogens with one attached hydrogen (secondary N) is 1. The van der Waals surface area contributed by atoms with Crippen LogP contribution < -0.4 is 19.9 Å². The van der Waals surface area contributed by atoms with Crippen LogP contribution in [0.25, 0.3) is 10.8 Å². The van der Waals surface area contributed by atoms with Crippen molar-refractivity contribution in [1.29, 1.82) is 0 Å². The summed E-state index contributed by atoms with van der Waals surface area (Å²) in [6.45, 7) is 6.07. The van der Waals surface area contributed by atoms with Crippen molar-refractivity contribution < 1.29 is 17.9 Å². The van der Waals surface area contributed by atoms with Crippen LogP contribution in [0.2, 0.25) is 0 Å². The van der Waals surface area contributed by atoms with Gasteiger partial charge in [-0.15, -0.1) is 0 Å². The standard InChI is InChI=1S/C29H35F3N6O/c1-36-14-4-8-21(36)19-39-28-34-24-18-38(15-5-9-22(24)27(35-28)37-16-12-33-13-17-37)25-11-3-7-20-6-2-10-23(26(20)25)29(30,31)32/h2-3,6-7,10-11,21,33H,4-5,8-9,12-19H2,1H3/t21-/m0/s1. The van der Waals surface area contributed by atoms with Crippen LogP contribution in [-0.2, 0) is 19.1 Å². The average Bonchev–Trinajstić information content (AvgIpc) is 3.23. The van der Waals surface area contributed by atoms with E-state index in [9.17, 15) is 13.2 Å². The smallest absolute Gasteiger partial charge is 0.417 e. The zero-order chi connectivity index (χ0) is 27.0. The summed E-state index contributed by atoms with van der Waals surface area (Å²) in [6.07, 6.45) is -0.629. The molecule has 0 radical (unpaired) electrons. The Morgan fingerprint density at radius 3 is 2.51 bits per heavy atom. The summed E-state index contributed by atoms with van der Waals surface area (Å²) in [6, 6.07) is 10.5. The second kappa shape index (κ2) is 10.8. The first-order valence-electron chi connectivity index (χ1n) is 13.9. The molecule has 0 amide bonds. The molecule has 7 nitrogen and oxygen atoms in total. The third-order valence-corrected chi connectivity index (χ3v) is 8.27. The topological polar surface area (TPSA) is 56.8 Å². The van der Waals surface area contributed by atoms with E-state index in [1.807, 2.05) is 11.0 Å². The summed E-state index contributed by atoms with van der Waals surface area (Å²) in [5.74, 6) is 0.909. The van der Waals surface area contributed by atoms with E-state index >= 15 is 0 Å². The quantitative estimate of drug-likeness (QED) is 0.512. The van der Waals surface area contributed by atoms with Crippen LogP contribution in [0.4, 0.5) is 24.7 Å². The highest BCUT2D eigenvalue weighted by Crippen LogP contribution is 2.40. The predicted molar refractivity (Wildman–Crippen MR) is 147 cm³/mol. The minimum Gasteiger partial charge on any atom is -0.462 e. The van der Waals surface area contributed by atoms with Crippen LogP contribution in [0.1, 0.15) is 36.1 Å². The lowest BCUT2D eigenvalue weighted by Gasteiger charge is -2.31. The van der Waals surface area contributed by atoms with Crippen molar-refractivity contribution in [2.75, 3.05) is 62.7 Å². The van der Waals surface area contributed by atoms with Gasteiger partial charge in [0, 0.05) is 55.4 Å². The fraction of sp³-hybridized carbons (Fsp3) is 0.517. The number of piperazine rings is 1. The number of likely N-dealkylation sites (N-methyl/N-ethyl adjacent to an activating group) is 1. The predicted octanol–water partition coefficient (Wildman–Crippen LogP) is 4.48. The molecule has 1 N–H and O–H groups in total. The summed E-state index contributed by atoms with van der Waals surface area (Å²) in [5, 5.41) is 4.23. The number of halogens is 3. The Kier molecular flexibility index (Phi) is 7.24. The molecule has 0 unspecified atom stereocenters. The van der Waals surface area contributed by atoms with E-state index < -0.39 is 11.7 Å². The van der Waals surface area contributed by atoms with Gasteiger partial charge in [0.25, 0.3) is 0 Å². The third kappa shape index (κ3) is 5.36. The Balaban J connectivity index is 1.38. The lowest BCUT2D eigenvalue weighted by Crippen LogP contribution is -2.44. The summed E-state index contributed by atoms with van der Waals surface area (Å²) >= 11 is 0. The number of likely N-dealkylation sites (tertiary alicyclic amines) is 1. The molecule has 1 atom stereocenters. The first-order chi connectivity index (χ1) is 18.9. The van der Waals surface area contributed by atoms with Gasteiger partial charge in [-0.25, -0.2) is 0 Å². The maximum atomic E-state index is 14.1. The Labute approximate surface area is 227 Å². The highest BCUT2D eigenvalue weighted by Gasteiger charge is 2.34. The van der Waals surface area contributed by atoms with E-state index in [0.717, 1.165) is 75.5 Å². The molecule has 1 aromatic heterocycles. The third-order valence-electron chi connectivity index (χ3n) is 8.27. The maximum Gasteiger partial charge on any atom is 0.417 e. The second-order valence-corrected chi connectivity index (χ2v) is 10.8. The van der Waals surface area contributed by atoms with E-state index in [1.54, 1.807) is 18.2 Å². The van der Waals surface area contributed by atoms with Crippen LogP contribution in [-0.4, -0.2) is 73.8 Å². The first-order valence-corrected chi connectivity index (χ1v) is 13.9. The Hall–Kier alpha value is -3.11. The number of aromatic nitrogens is 2. The van der Waals surface area contributed by atoms with Gasteiger partial charge in [-0.1, -0.05) is 24.3 Å². The molecule has 0 spiro atoms. The summed E-state index contributed by atoms with van der Waals surface area (Å²) in [7, 11) is 2.11. The fourth-order valence-electron chi connectivity index (χ4n) is 6.18. The molecule has 0 aliphatic carbocycles.